The van der Waals surface area contributed by atoms with Crippen molar-refractivity contribution in [2.24, 2.45) is 0 Å². The molecule has 0 N–H and O–H groups in total. The van der Waals surface area contributed by atoms with Crippen LogP contribution in [-0.2, 0) is 10.6 Å². The molecule has 0 aliphatic carbocycles. The molecule has 0 aliphatic heterocycles. The Morgan fingerprint density at radius 3 is 2.73 bits per heavy atom. The van der Waals surface area contributed by atoms with Crippen LogP contribution in [0.4, 0.5) is 0 Å². The number of ether oxygens (including phenoxy) is 1. The lowest BCUT2D eigenvalue weighted by molar-refractivity contribution is 0.0600. The van der Waals surface area contributed by atoms with Crippen LogP contribution in [0.15, 0.2) is 12.1 Å². The average Bonchev–Trinajstić information content (AvgIpc) is 2.27. The molecule has 0 unspecified atom stereocenters. The summed E-state index contributed by atoms with van der Waals surface area (Å²) in [7, 11) is 1.26. The Balaban J connectivity index is 3.43. The van der Waals surface area contributed by atoms with Gasteiger partial charge in [-0.1, -0.05) is 11.6 Å². The molecule has 1 aromatic carbocycles. The molecule has 0 spiro atoms. The molecule has 0 saturated heterocycles. The van der Waals surface area contributed by atoms with E-state index in [2.05, 4.69) is 4.74 Å². The van der Waals surface area contributed by atoms with Gasteiger partial charge in [0.15, 0.2) is 0 Å². The maximum Gasteiger partial charge on any atom is 0.338 e. The van der Waals surface area contributed by atoms with Gasteiger partial charge in [0, 0.05) is 11.4 Å². The largest absolute Gasteiger partial charge is 0.465 e. The van der Waals surface area contributed by atoms with E-state index in [-0.39, 0.29) is 22.0 Å². The summed E-state index contributed by atoms with van der Waals surface area (Å²) in [6.45, 7) is 0. The first-order valence-electron chi connectivity index (χ1n) is 4.01. The quantitative estimate of drug-likeness (QED) is 0.593. The Bertz CT molecular complexity index is 438. The van der Waals surface area contributed by atoms with Crippen LogP contribution in [-0.4, -0.2) is 13.1 Å². The van der Waals surface area contributed by atoms with Gasteiger partial charge >= 0.3 is 5.97 Å². The van der Waals surface area contributed by atoms with Gasteiger partial charge in [-0.25, -0.2) is 4.79 Å². The van der Waals surface area contributed by atoms with Gasteiger partial charge in [-0.05, 0) is 12.1 Å². The number of methoxy groups -OCH3 is 1. The molecule has 3 nitrogen and oxygen atoms in total. The zero-order valence-corrected chi connectivity index (χ0v) is 9.39. The van der Waals surface area contributed by atoms with Crippen molar-refractivity contribution < 1.29 is 9.53 Å². The zero-order chi connectivity index (χ0) is 11.4. The zero-order valence-electron chi connectivity index (χ0n) is 7.88. The second kappa shape index (κ2) is 5.01. The van der Waals surface area contributed by atoms with Crippen molar-refractivity contribution in [1.82, 2.24) is 0 Å². The molecule has 15 heavy (non-hydrogen) atoms. The minimum atomic E-state index is -0.529. The third-order valence-electron chi connectivity index (χ3n) is 1.91. The standard InChI is InChI=1S/C10H7Cl2NO2/c1-15-10(14)6-2-3-9(12)8(5-13)7(6)4-11/h2-3H,4H2,1H3. The van der Waals surface area contributed by atoms with Gasteiger partial charge in [-0.3, -0.25) is 0 Å². The molecule has 0 bridgehead atoms. The van der Waals surface area contributed by atoms with Gasteiger partial charge in [-0.15, -0.1) is 11.6 Å². The first-order valence-corrected chi connectivity index (χ1v) is 4.92. The fraction of sp³-hybridized carbons (Fsp3) is 0.200. The van der Waals surface area contributed by atoms with E-state index in [1.165, 1.54) is 19.2 Å². The molecule has 0 saturated carbocycles. The third-order valence-corrected chi connectivity index (χ3v) is 2.50. The predicted molar refractivity (Wildman–Crippen MR) is 57.1 cm³/mol. The summed E-state index contributed by atoms with van der Waals surface area (Å²) in [5, 5.41) is 9.14. The number of alkyl halides is 1. The van der Waals surface area contributed by atoms with Crippen LogP contribution in [0.2, 0.25) is 5.02 Å². The van der Waals surface area contributed by atoms with Crippen LogP contribution in [0.3, 0.4) is 0 Å². The Morgan fingerprint density at radius 2 is 2.27 bits per heavy atom. The van der Waals surface area contributed by atoms with Gasteiger partial charge < -0.3 is 4.74 Å². The van der Waals surface area contributed by atoms with E-state index in [4.69, 9.17) is 28.5 Å². The minimum absolute atomic E-state index is 0.0356. The first kappa shape index (κ1) is 11.8. The predicted octanol–water partition coefficient (Wildman–Crippen LogP) is 2.74. The van der Waals surface area contributed by atoms with Gasteiger partial charge in [0.25, 0.3) is 0 Å². The lowest BCUT2D eigenvalue weighted by Crippen LogP contribution is -2.06. The average molecular weight is 244 g/mol. The molecule has 0 heterocycles. The second-order valence-electron chi connectivity index (χ2n) is 2.69. The normalized spacial score (nSPS) is 9.47. The number of nitriles is 1. The van der Waals surface area contributed by atoms with Crippen LogP contribution in [0, 0.1) is 11.3 Å². The van der Waals surface area contributed by atoms with E-state index in [1.54, 1.807) is 0 Å². The number of hydrogen-bond acceptors (Lipinski definition) is 3. The van der Waals surface area contributed by atoms with E-state index >= 15 is 0 Å². The lowest BCUT2D eigenvalue weighted by atomic mass is 10.0. The smallest absolute Gasteiger partial charge is 0.338 e. The maximum absolute atomic E-state index is 11.3. The molecule has 0 fully saturated rings. The fourth-order valence-corrected chi connectivity index (χ4v) is 1.68. The van der Waals surface area contributed by atoms with E-state index in [9.17, 15) is 4.79 Å². The summed E-state index contributed by atoms with van der Waals surface area (Å²) < 4.78 is 4.57. The van der Waals surface area contributed by atoms with E-state index in [0.717, 1.165) is 0 Å². The molecule has 1 aromatic rings. The number of carbonyl (C=O) groups excluding carboxylic acids is 1. The molecule has 0 aromatic heterocycles. The maximum atomic E-state index is 11.3. The highest BCUT2D eigenvalue weighted by Gasteiger charge is 2.16. The van der Waals surface area contributed by atoms with Gasteiger partial charge in [-0.2, -0.15) is 5.26 Å². The molecule has 1 rings (SSSR count). The summed E-state index contributed by atoms with van der Waals surface area (Å²) in [6.07, 6.45) is 0. The molecular weight excluding hydrogens is 237 g/mol. The van der Waals surface area contributed by atoms with Gasteiger partial charge in [0.2, 0.25) is 0 Å². The summed E-state index contributed by atoms with van der Waals surface area (Å²) in [4.78, 5) is 11.3. The van der Waals surface area contributed by atoms with Crippen LogP contribution in [0.1, 0.15) is 21.5 Å². The highest BCUT2D eigenvalue weighted by Crippen LogP contribution is 2.24. The SMILES string of the molecule is COC(=O)c1ccc(Cl)c(C#N)c1CCl. The molecule has 0 amide bonds. The Hall–Kier alpha value is -1.24. The second-order valence-corrected chi connectivity index (χ2v) is 3.36. The topological polar surface area (TPSA) is 50.1 Å². The Kier molecular flexibility index (Phi) is 3.96. The molecular formula is C10H7Cl2NO2. The van der Waals surface area contributed by atoms with Crippen molar-refractivity contribution in [3.05, 3.63) is 33.8 Å². The number of carbonyl (C=O) groups is 1. The number of nitrogens with zero attached hydrogens (tertiary/aromatic N) is 1. The van der Waals surface area contributed by atoms with E-state index in [0.29, 0.717) is 5.56 Å². The van der Waals surface area contributed by atoms with E-state index < -0.39 is 5.97 Å². The number of esters is 1. The Labute approximate surface area is 97.2 Å². The minimum Gasteiger partial charge on any atom is -0.465 e. The lowest BCUT2D eigenvalue weighted by Gasteiger charge is -2.07. The third kappa shape index (κ3) is 2.23. The van der Waals surface area contributed by atoms with Crippen molar-refractivity contribution in [1.29, 1.82) is 5.26 Å². The van der Waals surface area contributed by atoms with E-state index in [1.807, 2.05) is 6.07 Å². The van der Waals surface area contributed by atoms with Gasteiger partial charge in [0.05, 0.1) is 23.3 Å². The highest BCUT2D eigenvalue weighted by molar-refractivity contribution is 6.32. The van der Waals surface area contributed by atoms with Crippen molar-refractivity contribution in [3.8, 4) is 6.07 Å². The number of rotatable bonds is 2. The van der Waals surface area contributed by atoms with Crippen LogP contribution >= 0.6 is 23.2 Å². The van der Waals surface area contributed by atoms with Crippen molar-refractivity contribution in [3.63, 3.8) is 0 Å². The number of benzene rings is 1. The van der Waals surface area contributed by atoms with Crippen molar-refractivity contribution in [2.75, 3.05) is 7.11 Å². The molecule has 78 valence electrons. The summed E-state index contributed by atoms with van der Waals surface area (Å²) >= 11 is 11.5. The number of hydrogen-bond donors (Lipinski definition) is 0. The molecule has 0 radical (unpaired) electrons. The summed E-state index contributed by atoms with van der Waals surface area (Å²) in [5.74, 6) is -0.493. The highest BCUT2D eigenvalue weighted by atomic mass is 35.5. The van der Waals surface area contributed by atoms with Crippen molar-refractivity contribution >= 4 is 29.2 Å². The molecule has 0 atom stereocenters. The molecule has 5 heteroatoms. The molecule has 0 aliphatic rings. The van der Waals surface area contributed by atoms with Crippen LogP contribution in [0.25, 0.3) is 0 Å². The first-order chi connectivity index (χ1) is 7.15. The van der Waals surface area contributed by atoms with Crippen LogP contribution in [0.5, 0.6) is 0 Å². The Morgan fingerprint density at radius 1 is 1.60 bits per heavy atom. The summed E-state index contributed by atoms with van der Waals surface area (Å²) in [6, 6.07) is 4.88. The number of halogens is 2. The summed E-state index contributed by atoms with van der Waals surface area (Å²) in [5.41, 5.74) is 0.890. The van der Waals surface area contributed by atoms with Gasteiger partial charge in [0.1, 0.15) is 6.07 Å². The van der Waals surface area contributed by atoms with Crippen molar-refractivity contribution in [2.45, 2.75) is 5.88 Å². The van der Waals surface area contributed by atoms with Crippen LogP contribution < -0.4 is 0 Å². The fourth-order valence-electron chi connectivity index (χ4n) is 1.18. The monoisotopic (exact) mass is 243 g/mol.